The minimum absolute atomic E-state index is 0.351. The van der Waals surface area contributed by atoms with Gasteiger partial charge in [0.15, 0.2) is 0 Å². The summed E-state index contributed by atoms with van der Waals surface area (Å²) >= 11 is 5.42. The number of rotatable bonds is 4. The Morgan fingerprint density at radius 2 is 2.40 bits per heavy atom. The first-order valence-corrected chi connectivity index (χ1v) is 3.28. The third-order valence-corrected chi connectivity index (χ3v) is 1.16. The number of hydrogen-bond acceptors (Lipinski definition) is 2. The molecule has 0 aliphatic heterocycles. The summed E-state index contributed by atoms with van der Waals surface area (Å²) in [6.45, 7) is 5.51. The normalized spacial score (nSPS) is 12.6. The van der Waals surface area contributed by atoms with Crippen LogP contribution >= 0.6 is 11.6 Å². The van der Waals surface area contributed by atoms with Gasteiger partial charge in [0.2, 0.25) is 5.91 Å². The van der Waals surface area contributed by atoms with E-state index in [-0.39, 0.29) is 6.04 Å². The predicted octanol–water partition coefficient (Wildman–Crippen LogP) is 0.202. The molecule has 1 unspecified atom stereocenters. The number of primary amides is 1. The summed E-state index contributed by atoms with van der Waals surface area (Å²) < 4.78 is 0. The molecule has 0 aliphatic rings. The molecule has 0 spiro atoms. The van der Waals surface area contributed by atoms with E-state index in [4.69, 9.17) is 17.3 Å². The van der Waals surface area contributed by atoms with Crippen LogP contribution in [-0.2, 0) is 4.79 Å². The number of hydrogen-bond donors (Lipinski definition) is 2. The van der Waals surface area contributed by atoms with Crippen LogP contribution in [0.5, 0.6) is 0 Å². The van der Waals surface area contributed by atoms with Gasteiger partial charge in [0.1, 0.15) is 0 Å². The van der Waals surface area contributed by atoms with Crippen molar-refractivity contribution in [2.75, 3.05) is 6.54 Å². The van der Waals surface area contributed by atoms with Crippen molar-refractivity contribution in [3.05, 3.63) is 11.6 Å². The highest BCUT2D eigenvalue weighted by molar-refractivity contribution is 6.29. The van der Waals surface area contributed by atoms with E-state index in [1.807, 2.05) is 0 Å². The second-order valence-electron chi connectivity index (χ2n) is 2.02. The highest BCUT2D eigenvalue weighted by atomic mass is 35.5. The van der Waals surface area contributed by atoms with Gasteiger partial charge >= 0.3 is 0 Å². The maximum Gasteiger partial charge on any atom is 0.234 e. The Labute approximate surface area is 65.2 Å². The van der Waals surface area contributed by atoms with Gasteiger partial charge in [-0.1, -0.05) is 18.2 Å². The first-order chi connectivity index (χ1) is 4.54. The van der Waals surface area contributed by atoms with E-state index in [0.717, 1.165) is 0 Å². The van der Waals surface area contributed by atoms with Crippen molar-refractivity contribution in [3.8, 4) is 0 Å². The minimum Gasteiger partial charge on any atom is -0.368 e. The van der Waals surface area contributed by atoms with Crippen LogP contribution in [0.3, 0.4) is 0 Å². The quantitative estimate of drug-likeness (QED) is 0.621. The summed E-state index contributed by atoms with van der Waals surface area (Å²) in [6.07, 6.45) is 0. The van der Waals surface area contributed by atoms with Gasteiger partial charge in [-0.05, 0) is 6.92 Å². The lowest BCUT2D eigenvalue weighted by Gasteiger charge is -2.07. The van der Waals surface area contributed by atoms with Crippen LogP contribution in [0.15, 0.2) is 11.6 Å². The molecule has 0 heterocycles. The molecule has 10 heavy (non-hydrogen) atoms. The Hall–Kier alpha value is -0.540. The molecule has 0 aromatic rings. The molecule has 0 radical (unpaired) electrons. The zero-order valence-corrected chi connectivity index (χ0v) is 6.61. The molecule has 3 nitrogen and oxygen atoms in total. The Bertz CT molecular complexity index is 147. The van der Waals surface area contributed by atoms with Crippen LogP contribution in [0.2, 0.25) is 0 Å². The molecular weight excluding hydrogens is 152 g/mol. The second-order valence-corrected chi connectivity index (χ2v) is 2.56. The van der Waals surface area contributed by atoms with Gasteiger partial charge in [-0.2, -0.15) is 0 Å². The molecule has 0 rings (SSSR count). The summed E-state index contributed by atoms with van der Waals surface area (Å²) in [5, 5.41) is 3.24. The van der Waals surface area contributed by atoms with Crippen LogP contribution in [0.1, 0.15) is 6.92 Å². The molecule has 0 bridgehead atoms. The summed E-state index contributed by atoms with van der Waals surface area (Å²) in [4.78, 5) is 10.4. The van der Waals surface area contributed by atoms with Gasteiger partial charge < -0.3 is 11.1 Å². The standard InChI is InChI=1S/C6H11ClN2O/c1-4(7)3-9-5(2)6(8)10/h5,9H,1,3H2,2H3,(H2,8,10). The molecule has 0 aromatic carbocycles. The zero-order chi connectivity index (χ0) is 8.15. The topological polar surface area (TPSA) is 55.1 Å². The lowest BCUT2D eigenvalue weighted by Crippen LogP contribution is -2.39. The van der Waals surface area contributed by atoms with E-state index < -0.39 is 5.91 Å². The van der Waals surface area contributed by atoms with Gasteiger partial charge in [0, 0.05) is 11.6 Å². The molecular formula is C6H11ClN2O. The number of carbonyl (C=O) groups excluding carboxylic acids is 1. The molecule has 0 saturated carbocycles. The average molecular weight is 163 g/mol. The fourth-order valence-corrected chi connectivity index (χ4v) is 0.442. The highest BCUT2D eigenvalue weighted by Gasteiger charge is 2.05. The summed E-state index contributed by atoms with van der Waals surface area (Å²) in [5.74, 6) is -0.391. The van der Waals surface area contributed by atoms with Crippen molar-refractivity contribution in [1.29, 1.82) is 0 Å². The maximum atomic E-state index is 10.4. The highest BCUT2D eigenvalue weighted by Crippen LogP contribution is 1.93. The summed E-state index contributed by atoms with van der Waals surface area (Å²) in [5.41, 5.74) is 4.95. The Kier molecular flexibility index (Phi) is 4.07. The molecule has 3 N–H and O–H groups in total. The largest absolute Gasteiger partial charge is 0.368 e. The van der Waals surface area contributed by atoms with E-state index in [0.29, 0.717) is 11.6 Å². The van der Waals surface area contributed by atoms with Gasteiger partial charge in [0.25, 0.3) is 0 Å². The Morgan fingerprint density at radius 3 is 2.70 bits per heavy atom. The van der Waals surface area contributed by atoms with E-state index in [1.54, 1.807) is 6.92 Å². The lowest BCUT2D eigenvalue weighted by atomic mass is 10.3. The number of amides is 1. The predicted molar refractivity (Wildman–Crippen MR) is 41.7 cm³/mol. The molecule has 1 atom stereocenters. The first-order valence-electron chi connectivity index (χ1n) is 2.90. The number of carbonyl (C=O) groups is 1. The Morgan fingerprint density at radius 1 is 1.90 bits per heavy atom. The third-order valence-electron chi connectivity index (χ3n) is 1.03. The van der Waals surface area contributed by atoms with Gasteiger partial charge in [0.05, 0.1) is 6.04 Å². The third kappa shape index (κ3) is 4.35. The number of halogens is 1. The fraction of sp³-hybridized carbons (Fsp3) is 0.500. The second kappa shape index (κ2) is 4.30. The van der Waals surface area contributed by atoms with Crippen LogP contribution in [-0.4, -0.2) is 18.5 Å². The van der Waals surface area contributed by atoms with Crippen molar-refractivity contribution in [3.63, 3.8) is 0 Å². The van der Waals surface area contributed by atoms with Crippen molar-refractivity contribution < 1.29 is 4.79 Å². The van der Waals surface area contributed by atoms with Crippen molar-refractivity contribution in [2.24, 2.45) is 5.73 Å². The van der Waals surface area contributed by atoms with Crippen LogP contribution < -0.4 is 11.1 Å². The monoisotopic (exact) mass is 162 g/mol. The van der Waals surface area contributed by atoms with E-state index in [9.17, 15) is 4.79 Å². The fourth-order valence-electron chi connectivity index (χ4n) is 0.364. The van der Waals surface area contributed by atoms with Crippen molar-refractivity contribution in [2.45, 2.75) is 13.0 Å². The Balaban J connectivity index is 3.49. The van der Waals surface area contributed by atoms with Gasteiger partial charge in [-0.15, -0.1) is 0 Å². The van der Waals surface area contributed by atoms with E-state index in [2.05, 4.69) is 11.9 Å². The molecule has 0 aliphatic carbocycles. The minimum atomic E-state index is -0.391. The van der Waals surface area contributed by atoms with Crippen LogP contribution in [0.4, 0.5) is 0 Å². The van der Waals surface area contributed by atoms with Gasteiger partial charge in [-0.25, -0.2) is 0 Å². The average Bonchev–Trinajstić information content (AvgIpc) is 1.82. The summed E-state index contributed by atoms with van der Waals surface area (Å²) in [6, 6.07) is -0.351. The van der Waals surface area contributed by atoms with Crippen molar-refractivity contribution >= 4 is 17.5 Å². The van der Waals surface area contributed by atoms with Crippen LogP contribution in [0.25, 0.3) is 0 Å². The molecule has 1 amide bonds. The molecule has 0 aromatic heterocycles. The zero-order valence-electron chi connectivity index (χ0n) is 5.86. The lowest BCUT2D eigenvalue weighted by molar-refractivity contribution is -0.119. The first kappa shape index (κ1) is 9.46. The van der Waals surface area contributed by atoms with Crippen LogP contribution in [0, 0.1) is 0 Å². The van der Waals surface area contributed by atoms with Crippen molar-refractivity contribution in [1.82, 2.24) is 5.32 Å². The van der Waals surface area contributed by atoms with Gasteiger partial charge in [-0.3, -0.25) is 4.79 Å². The van der Waals surface area contributed by atoms with E-state index >= 15 is 0 Å². The maximum absolute atomic E-state index is 10.4. The number of nitrogens with two attached hydrogens (primary N) is 1. The molecule has 0 saturated heterocycles. The summed E-state index contributed by atoms with van der Waals surface area (Å²) in [7, 11) is 0. The number of nitrogens with one attached hydrogen (secondary N) is 1. The molecule has 0 fully saturated rings. The molecule has 4 heteroatoms. The smallest absolute Gasteiger partial charge is 0.234 e. The molecule has 58 valence electrons. The SMILES string of the molecule is C=C(Cl)CNC(C)C(N)=O. The van der Waals surface area contributed by atoms with E-state index in [1.165, 1.54) is 0 Å².